The first kappa shape index (κ1) is 24.2. The van der Waals surface area contributed by atoms with Crippen molar-refractivity contribution in [3.8, 4) is 17.2 Å². The maximum absolute atomic E-state index is 12.6. The van der Waals surface area contributed by atoms with Gasteiger partial charge in [-0.3, -0.25) is 0 Å². The molecule has 1 fully saturated rings. The molecule has 1 aromatic heterocycles. The molecule has 9 nitrogen and oxygen atoms in total. The summed E-state index contributed by atoms with van der Waals surface area (Å²) in [6.07, 6.45) is -3.18. The highest BCUT2D eigenvalue weighted by Gasteiger charge is 2.32. The molecule has 186 valence electrons. The van der Waals surface area contributed by atoms with Crippen molar-refractivity contribution in [2.45, 2.75) is 19.8 Å². The van der Waals surface area contributed by atoms with Crippen molar-refractivity contribution >= 4 is 11.7 Å². The van der Waals surface area contributed by atoms with Crippen LogP contribution in [0.2, 0.25) is 0 Å². The Kier molecular flexibility index (Phi) is 6.99. The zero-order valence-electron chi connectivity index (χ0n) is 19.2. The number of halogens is 3. The van der Waals surface area contributed by atoms with Crippen LogP contribution >= 0.6 is 0 Å². The van der Waals surface area contributed by atoms with E-state index in [0.717, 1.165) is 11.4 Å². The van der Waals surface area contributed by atoms with Crippen LogP contribution in [0.1, 0.15) is 11.4 Å². The average molecular weight is 490 g/mol. The number of urea groups is 1. The van der Waals surface area contributed by atoms with Crippen molar-refractivity contribution in [3.63, 3.8) is 0 Å². The summed E-state index contributed by atoms with van der Waals surface area (Å²) < 4.78 is 49.1. The summed E-state index contributed by atoms with van der Waals surface area (Å²) in [4.78, 5) is 20.5. The molecule has 12 heteroatoms. The number of benzene rings is 2. The maximum Gasteiger partial charge on any atom is 0.573 e. The largest absolute Gasteiger partial charge is 0.573 e. The molecule has 0 aliphatic carbocycles. The molecule has 0 radical (unpaired) electrons. The van der Waals surface area contributed by atoms with E-state index in [9.17, 15) is 18.0 Å². The van der Waals surface area contributed by atoms with E-state index in [1.54, 1.807) is 29.1 Å². The molecule has 0 atom stereocenters. The molecule has 2 heterocycles. The number of carbonyl (C=O) groups is 1. The number of amides is 2. The molecule has 35 heavy (non-hydrogen) atoms. The molecule has 3 aromatic rings. The quantitative estimate of drug-likeness (QED) is 0.569. The van der Waals surface area contributed by atoms with Crippen molar-refractivity contribution in [3.05, 3.63) is 60.2 Å². The molecule has 0 unspecified atom stereocenters. The van der Waals surface area contributed by atoms with Gasteiger partial charge < -0.3 is 24.6 Å². The van der Waals surface area contributed by atoms with E-state index in [1.165, 1.54) is 18.2 Å². The minimum atomic E-state index is -4.80. The van der Waals surface area contributed by atoms with Gasteiger partial charge in [0.25, 0.3) is 0 Å². The Morgan fingerprint density at radius 2 is 1.83 bits per heavy atom. The fraction of sp³-hybridized carbons (Fsp3) is 0.348. The van der Waals surface area contributed by atoms with Crippen molar-refractivity contribution in [1.29, 1.82) is 0 Å². The normalized spacial score (nSPS) is 14.1. The number of methoxy groups -OCH3 is 1. The number of hydrogen-bond acceptors (Lipinski definition) is 6. The van der Waals surface area contributed by atoms with E-state index in [-0.39, 0.29) is 23.9 Å². The first-order valence-corrected chi connectivity index (χ1v) is 10.9. The zero-order chi connectivity index (χ0) is 25.0. The second kappa shape index (κ2) is 10.1. The number of aryl methyl sites for hydroxylation is 1. The van der Waals surface area contributed by atoms with Gasteiger partial charge >= 0.3 is 12.4 Å². The third-order valence-electron chi connectivity index (χ3n) is 5.58. The van der Waals surface area contributed by atoms with E-state index in [4.69, 9.17) is 4.74 Å². The Balaban J connectivity index is 1.34. The predicted octanol–water partition coefficient (Wildman–Crippen LogP) is 3.51. The molecule has 1 N–H and O–H groups in total. The van der Waals surface area contributed by atoms with Gasteiger partial charge in [-0.25, -0.2) is 14.5 Å². The number of hydrogen-bond donors (Lipinski definition) is 1. The van der Waals surface area contributed by atoms with Crippen LogP contribution in [-0.2, 0) is 6.54 Å². The van der Waals surface area contributed by atoms with Gasteiger partial charge in [-0.15, -0.1) is 13.2 Å². The number of anilines is 1. The van der Waals surface area contributed by atoms with Crippen LogP contribution in [0.15, 0.2) is 48.8 Å². The van der Waals surface area contributed by atoms with Crippen LogP contribution in [0.4, 0.5) is 23.7 Å². The highest BCUT2D eigenvalue weighted by atomic mass is 19.4. The molecule has 2 amide bonds. The smallest absolute Gasteiger partial charge is 0.494 e. The number of ether oxygens (including phenoxy) is 2. The zero-order valence-corrected chi connectivity index (χ0v) is 19.2. The Hall–Kier alpha value is -3.96. The standard InChI is InChI=1S/C23H25F3N6O3/c1-16-28-15-32(29-16)19-8-7-18(13-21(19)34-2)30-9-11-31(12-10-30)22(33)27-14-17-5-3-4-6-20(17)35-23(24,25)26/h3-8,13,15H,9-12,14H2,1-2H3,(H,27,33). The van der Waals surface area contributed by atoms with Crippen LogP contribution in [0, 0.1) is 6.92 Å². The van der Waals surface area contributed by atoms with Gasteiger partial charge in [0.2, 0.25) is 0 Å². The van der Waals surface area contributed by atoms with Crippen molar-refractivity contribution in [1.82, 2.24) is 25.0 Å². The number of nitrogens with zero attached hydrogens (tertiary/aromatic N) is 5. The van der Waals surface area contributed by atoms with Crippen LogP contribution in [-0.4, -0.2) is 65.3 Å². The molecule has 0 saturated carbocycles. The number of carbonyl (C=O) groups excluding carboxylic acids is 1. The van der Waals surface area contributed by atoms with Gasteiger partial charge in [0.05, 0.1) is 7.11 Å². The number of piperazine rings is 1. The summed E-state index contributed by atoms with van der Waals surface area (Å²) in [5.41, 5.74) is 1.96. The van der Waals surface area contributed by atoms with Crippen LogP contribution in [0.25, 0.3) is 5.69 Å². The van der Waals surface area contributed by atoms with E-state index < -0.39 is 6.36 Å². The van der Waals surface area contributed by atoms with E-state index in [1.807, 2.05) is 25.1 Å². The summed E-state index contributed by atoms with van der Waals surface area (Å²) >= 11 is 0. The summed E-state index contributed by atoms with van der Waals surface area (Å²) in [7, 11) is 1.59. The second-order valence-corrected chi connectivity index (χ2v) is 7.88. The monoisotopic (exact) mass is 490 g/mol. The molecule has 0 bridgehead atoms. The van der Waals surface area contributed by atoms with Gasteiger partial charge in [0, 0.05) is 50.0 Å². The highest BCUT2D eigenvalue weighted by Crippen LogP contribution is 2.29. The number of para-hydroxylation sites is 1. The summed E-state index contributed by atoms with van der Waals surface area (Å²) in [5, 5.41) is 7.00. The number of alkyl halides is 3. The molecular weight excluding hydrogens is 465 g/mol. The predicted molar refractivity (Wildman–Crippen MR) is 122 cm³/mol. The molecule has 2 aromatic carbocycles. The molecule has 1 aliphatic rings. The lowest BCUT2D eigenvalue weighted by Gasteiger charge is -2.36. The van der Waals surface area contributed by atoms with E-state index >= 15 is 0 Å². The van der Waals surface area contributed by atoms with Crippen LogP contribution in [0.5, 0.6) is 11.5 Å². The minimum Gasteiger partial charge on any atom is -0.494 e. The van der Waals surface area contributed by atoms with Crippen molar-refractivity contribution < 1.29 is 27.4 Å². The molecule has 0 spiro atoms. The van der Waals surface area contributed by atoms with E-state index in [2.05, 4.69) is 25.0 Å². The number of nitrogens with one attached hydrogen (secondary N) is 1. The topological polar surface area (TPSA) is 84.8 Å². The van der Waals surface area contributed by atoms with Gasteiger partial charge in [0.15, 0.2) is 0 Å². The lowest BCUT2D eigenvalue weighted by molar-refractivity contribution is -0.274. The second-order valence-electron chi connectivity index (χ2n) is 7.88. The first-order chi connectivity index (χ1) is 16.7. The van der Waals surface area contributed by atoms with Crippen LogP contribution in [0.3, 0.4) is 0 Å². The Labute approximate surface area is 200 Å². The third-order valence-corrected chi connectivity index (χ3v) is 5.58. The maximum atomic E-state index is 12.6. The Morgan fingerprint density at radius 1 is 1.09 bits per heavy atom. The number of aromatic nitrogens is 3. The van der Waals surface area contributed by atoms with Crippen molar-refractivity contribution in [2.24, 2.45) is 0 Å². The van der Waals surface area contributed by atoms with Gasteiger partial charge in [-0.1, -0.05) is 18.2 Å². The SMILES string of the molecule is COc1cc(N2CCN(C(=O)NCc3ccccc3OC(F)(F)F)CC2)ccc1-n1cnc(C)n1. The Bertz CT molecular complexity index is 1180. The fourth-order valence-corrected chi connectivity index (χ4v) is 3.84. The van der Waals surface area contributed by atoms with Crippen molar-refractivity contribution in [2.75, 3.05) is 38.2 Å². The molecule has 1 aliphatic heterocycles. The van der Waals surface area contributed by atoms with Gasteiger partial charge in [0.1, 0.15) is 29.3 Å². The molecular formula is C23H25F3N6O3. The molecule has 4 rings (SSSR count). The van der Waals surface area contributed by atoms with Gasteiger partial charge in [-0.2, -0.15) is 5.10 Å². The first-order valence-electron chi connectivity index (χ1n) is 10.9. The third kappa shape index (κ3) is 5.94. The lowest BCUT2D eigenvalue weighted by Crippen LogP contribution is -2.51. The Morgan fingerprint density at radius 3 is 2.49 bits per heavy atom. The summed E-state index contributed by atoms with van der Waals surface area (Å²) in [6, 6.07) is 11.2. The summed E-state index contributed by atoms with van der Waals surface area (Å²) in [6.45, 7) is 3.82. The van der Waals surface area contributed by atoms with Crippen LogP contribution < -0.4 is 19.7 Å². The number of rotatable bonds is 6. The summed E-state index contributed by atoms with van der Waals surface area (Å²) in [5.74, 6) is 0.970. The lowest BCUT2D eigenvalue weighted by atomic mass is 10.2. The van der Waals surface area contributed by atoms with Gasteiger partial charge in [-0.05, 0) is 25.1 Å². The minimum absolute atomic E-state index is 0.0777. The fourth-order valence-electron chi connectivity index (χ4n) is 3.84. The highest BCUT2D eigenvalue weighted by molar-refractivity contribution is 5.74. The average Bonchev–Trinajstić information content (AvgIpc) is 3.28. The van der Waals surface area contributed by atoms with E-state index in [0.29, 0.717) is 37.8 Å². The molecule has 1 saturated heterocycles.